The van der Waals surface area contributed by atoms with Crippen LogP contribution in [0.5, 0.6) is 11.5 Å². The molecule has 6 nitrogen and oxygen atoms in total. The largest absolute Gasteiger partial charge is 0.507 e. The smallest absolute Gasteiger partial charge is 0.300 e. The number of Topliss-reactive ketones (excluding diaryl/α,β-unsaturated/α-hetero) is 1. The molecule has 1 aliphatic heterocycles. The minimum absolute atomic E-state index is 0.0340. The molecule has 1 heterocycles. The third-order valence-corrected chi connectivity index (χ3v) is 5.92. The van der Waals surface area contributed by atoms with Gasteiger partial charge in [0.1, 0.15) is 17.3 Å². The second kappa shape index (κ2) is 10.7. The van der Waals surface area contributed by atoms with Crippen molar-refractivity contribution in [3.05, 3.63) is 95.1 Å². The summed E-state index contributed by atoms with van der Waals surface area (Å²) < 4.78 is 11.4. The van der Waals surface area contributed by atoms with Crippen LogP contribution < -0.4 is 14.4 Å². The molecule has 1 aliphatic rings. The predicted octanol–water partition coefficient (Wildman–Crippen LogP) is 6.05. The Morgan fingerprint density at radius 3 is 2.33 bits per heavy atom. The predicted molar refractivity (Wildman–Crippen MR) is 140 cm³/mol. The Bertz CT molecular complexity index is 1290. The van der Waals surface area contributed by atoms with Gasteiger partial charge >= 0.3 is 0 Å². The highest BCUT2D eigenvalue weighted by Gasteiger charge is 2.47. The van der Waals surface area contributed by atoms with Crippen LogP contribution in [0.3, 0.4) is 0 Å². The van der Waals surface area contributed by atoms with Crippen LogP contribution in [-0.4, -0.2) is 30.0 Å². The maximum absolute atomic E-state index is 13.4. The molecule has 0 aromatic heterocycles. The number of rotatable bonds is 8. The molecule has 186 valence electrons. The molecular weight excluding hydrogens is 454 g/mol. The van der Waals surface area contributed by atoms with Gasteiger partial charge in [-0.15, -0.1) is 0 Å². The third-order valence-electron chi connectivity index (χ3n) is 5.92. The van der Waals surface area contributed by atoms with E-state index in [1.807, 2.05) is 56.3 Å². The number of aryl methyl sites for hydroxylation is 1. The first-order valence-electron chi connectivity index (χ1n) is 12.1. The van der Waals surface area contributed by atoms with Gasteiger partial charge in [0.25, 0.3) is 11.7 Å². The summed E-state index contributed by atoms with van der Waals surface area (Å²) in [5.74, 6) is -0.0257. The van der Waals surface area contributed by atoms with Gasteiger partial charge in [0.15, 0.2) is 0 Å². The number of anilines is 1. The molecule has 0 radical (unpaired) electrons. The van der Waals surface area contributed by atoms with Crippen molar-refractivity contribution in [2.24, 2.45) is 5.92 Å². The first-order chi connectivity index (χ1) is 17.3. The molecule has 6 heteroatoms. The standard InChI is InChI=1S/C30H31NO5/c1-5-35-24-14-12-21(13-15-24)28(32)26-27(22-9-7-11-25(17-22)36-18-19(2)3)31(30(34)29(26)33)23-10-6-8-20(4)16-23/h6-17,19,27,32H,5,18H2,1-4H3/b28-26+. The molecule has 1 fully saturated rings. The molecule has 1 N–H and O–H groups in total. The average molecular weight is 486 g/mol. The first kappa shape index (κ1) is 25.0. The van der Waals surface area contributed by atoms with Gasteiger partial charge in [0.05, 0.1) is 24.8 Å². The van der Waals surface area contributed by atoms with Crippen LogP contribution in [0.25, 0.3) is 5.76 Å². The Morgan fingerprint density at radius 1 is 0.944 bits per heavy atom. The Hall–Kier alpha value is -4.06. The van der Waals surface area contributed by atoms with Gasteiger partial charge in [-0.25, -0.2) is 0 Å². The minimum Gasteiger partial charge on any atom is -0.507 e. The molecule has 0 saturated carbocycles. The van der Waals surface area contributed by atoms with E-state index in [2.05, 4.69) is 13.8 Å². The van der Waals surface area contributed by atoms with Crippen molar-refractivity contribution in [1.82, 2.24) is 0 Å². The lowest BCUT2D eigenvalue weighted by molar-refractivity contribution is -0.132. The summed E-state index contributed by atoms with van der Waals surface area (Å²) in [4.78, 5) is 28.2. The highest BCUT2D eigenvalue weighted by atomic mass is 16.5. The quantitative estimate of drug-likeness (QED) is 0.239. The second-order valence-corrected chi connectivity index (χ2v) is 9.24. The van der Waals surface area contributed by atoms with Gasteiger partial charge in [-0.2, -0.15) is 0 Å². The number of hydrogen-bond acceptors (Lipinski definition) is 5. The van der Waals surface area contributed by atoms with E-state index in [-0.39, 0.29) is 11.3 Å². The number of nitrogens with zero attached hydrogens (tertiary/aromatic N) is 1. The summed E-state index contributed by atoms with van der Waals surface area (Å²) >= 11 is 0. The topological polar surface area (TPSA) is 76.1 Å². The number of benzene rings is 3. The molecule has 1 unspecified atom stereocenters. The molecular formula is C30H31NO5. The molecule has 1 saturated heterocycles. The highest BCUT2D eigenvalue weighted by Crippen LogP contribution is 2.43. The summed E-state index contributed by atoms with van der Waals surface area (Å²) in [7, 11) is 0. The lowest BCUT2D eigenvalue weighted by Gasteiger charge is -2.26. The van der Waals surface area contributed by atoms with Gasteiger partial charge < -0.3 is 14.6 Å². The van der Waals surface area contributed by atoms with Crippen LogP contribution in [-0.2, 0) is 9.59 Å². The zero-order valence-corrected chi connectivity index (χ0v) is 21.0. The van der Waals surface area contributed by atoms with Crippen LogP contribution in [0.1, 0.15) is 43.5 Å². The van der Waals surface area contributed by atoms with Crippen LogP contribution in [0, 0.1) is 12.8 Å². The highest BCUT2D eigenvalue weighted by molar-refractivity contribution is 6.51. The van der Waals surface area contributed by atoms with E-state index >= 15 is 0 Å². The summed E-state index contributed by atoms with van der Waals surface area (Å²) in [6.07, 6.45) is 0. The zero-order valence-electron chi connectivity index (χ0n) is 21.0. The maximum atomic E-state index is 13.4. The lowest BCUT2D eigenvalue weighted by atomic mass is 9.95. The van der Waals surface area contributed by atoms with Crippen molar-refractivity contribution in [2.45, 2.75) is 33.7 Å². The van der Waals surface area contributed by atoms with Crippen molar-refractivity contribution >= 4 is 23.1 Å². The monoisotopic (exact) mass is 485 g/mol. The van der Waals surface area contributed by atoms with Crippen LogP contribution in [0.15, 0.2) is 78.4 Å². The molecule has 4 rings (SSSR count). The molecule has 36 heavy (non-hydrogen) atoms. The Balaban J connectivity index is 1.86. The molecule has 3 aromatic rings. The minimum atomic E-state index is -0.819. The van der Waals surface area contributed by atoms with E-state index in [9.17, 15) is 14.7 Å². The Labute approximate surface area is 211 Å². The van der Waals surface area contributed by atoms with E-state index < -0.39 is 17.7 Å². The van der Waals surface area contributed by atoms with Crippen molar-refractivity contribution in [2.75, 3.05) is 18.1 Å². The summed E-state index contributed by atoms with van der Waals surface area (Å²) in [6.45, 7) is 8.99. The molecule has 0 bridgehead atoms. The number of carbonyl (C=O) groups excluding carboxylic acids is 2. The summed E-state index contributed by atoms with van der Waals surface area (Å²) in [5.41, 5.74) is 2.67. The number of aliphatic hydroxyl groups excluding tert-OH is 1. The number of hydrogen-bond donors (Lipinski definition) is 1. The molecule has 3 aromatic carbocycles. The summed E-state index contributed by atoms with van der Waals surface area (Å²) in [5, 5.41) is 11.3. The molecule has 1 atom stereocenters. The van der Waals surface area contributed by atoms with Crippen LogP contribution in [0.4, 0.5) is 5.69 Å². The number of aliphatic hydroxyl groups is 1. The van der Waals surface area contributed by atoms with Crippen molar-refractivity contribution < 1.29 is 24.2 Å². The normalized spacial score (nSPS) is 17.0. The fraction of sp³-hybridized carbons (Fsp3) is 0.267. The van der Waals surface area contributed by atoms with Crippen molar-refractivity contribution in [3.63, 3.8) is 0 Å². The number of ketones is 1. The third kappa shape index (κ3) is 5.13. The Kier molecular flexibility index (Phi) is 7.44. The van der Waals surface area contributed by atoms with Crippen molar-refractivity contribution in [1.29, 1.82) is 0 Å². The van der Waals surface area contributed by atoms with E-state index in [0.29, 0.717) is 47.4 Å². The number of carbonyl (C=O) groups is 2. The van der Waals surface area contributed by atoms with E-state index in [1.54, 1.807) is 30.3 Å². The van der Waals surface area contributed by atoms with E-state index in [4.69, 9.17) is 9.47 Å². The Morgan fingerprint density at radius 2 is 1.67 bits per heavy atom. The maximum Gasteiger partial charge on any atom is 0.300 e. The van der Waals surface area contributed by atoms with E-state index in [1.165, 1.54) is 4.90 Å². The van der Waals surface area contributed by atoms with Gasteiger partial charge in [0, 0.05) is 11.3 Å². The SMILES string of the molecule is CCOc1ccc(/C(O)=C2\C(=O)C(=O)N(c3cccc(C)c3)C2c2cccc(OCC(C)C)c2)cc1. The van der Waals surface area contributed by atoms with Crippen molar-refractivity contribution in [3.8, 4) is 11.5 Å². The molecule has 1 amide bonds. The van der Waals surface area contributed by atoms with Crippen LogP contribution >= 0.6 is 0 Å². The fourth-order valence-corrected chi connectivity index (χ4v) is 4.26. The van der Waals surface area contributed by atoms with Gasteiger partial charge in [-0.1, -0.05) is 38.1 Å². The fourth-order valence-electron chi connectivity index (χ4n) is 4.26. The second-order valence-electron chi connectivity index (χ2n) is 9.24. The number of ether oxygens (including phenoxy) is 2. The lowest BCUT2D eigenvalue weighted by Crippen LogP contribution is -2.29. The van der Waals surface area contributed by atoms with Gasteiger partial charge in [0.2, 0.25) is 0 Å². The zero-order chi connectivity index (χ0) is 25.8. The molecule has 0 aliphatic carbocycles. The van der Waals surface area contributed by atoms with E-state index in [0.717, 1.165) is 5.56 Å². The van der Waals surface area contributed by atoms with Crippen LogP contribution in [0.2, 0.25) is 0 Å². The molecule has 0 spiro atoms. The summed E-state index contributed by atoms with van der Waals surface area (Å²) in [6, 6.07) is 20.8. The first-order valence-corrected chi connectivity index (χ1v) is 12.1. The number of amides is 1. The van der Waals surface area contributed by atoms with Gasteiger partial charge in [-0.3, -0.25) is 14.5 Å². The average Bonchev–Trinajstić information content (AvgIpc) is 3.13. The van der Waals surface area contributed by atoms with Gasteiger partial charge in [-0.05, 0) is 79.4 Å².